The van der Waals surface area contributed by atoms with Gasteiger partial charge in [-0.05, 0) is 0 Å². The second-order valence-corrected chi connectivity index (χ2v) is 4.82. The molecule has 5 heteroatoms. The average molecular weight is 227 g/mol. The maximum atomic E-state index is 5.13. The van der Waals surface area contributed by atoms with Crippen LogP contribution in [0.4, 0.5) is 0 Å². The maximum absolute atomic E-state index is 5.13. The third-order valence-electron chi connectivity index (χ3n) is 2.49. The topological polar surface area (TPSA) is 41.3 Å². The molecule has 4 nitrogen and oxygen atoms in total. The predicted molar refractivity (Wildman–Crippen MR) is 62.0 cm³/mol. The molecule has 1 fully saturated rings. The number of thioether (sulfide) groups is 1. The molecule has 0 aromatic carbocycles. The molecular formula is C10H17N3OS. The van der Waals surface area contributed by atoms with Gasteiger partial charge in [0.1, 0.15) is 5.76 Å². The van der Waals surface area contributed by atoms with Crippen molar-refractivity contribution in [3.63, 3.8) is 0 Å². The molecule has 1 aromatic heterocycles. The Morgan fingerprint density at radius 3 is 3.07 bits per heavy atom. The quantitative estimate of drug-likeness (QED) is 0.754. The fourth-order valence-electron chi connectivity index (χ4n) is 1.60. The van der Waals surface area contributed by atoms with Crippen LogP contribution < -0.4 is 5.32 Å². The van der Waals surface area contributed by atoms with Crippen LogP contribution in [-0.4, -0.2) is 47.6 Å². The first kappa shape index (κ1) is 11.0. The van der Waals surface area contributed by atoms with Crippen LogP contribution in [0.5, 0.6) is 0 Å². The highest BCUT2D eigenvalue weighted by atomic mass is 32.2. The Morgan fingerprint density at radius 2 is 2.33 bits per heavy atom. The van der Waals surface area contributed by atoms with Crippen molar-refractivity contribution in [1.82, 2.24) is 15.2 Å². The summed E-state index contributed by atoms with van der Waals surface area (Å²) in [5.74, 6) is 3.47. The molecule has 0 radical (unpaired) electrons. The van der Waals surface area contributed by atoms with Gasteiger partial charge in [-0.1, -0.05) is 0 Å². The van der Waals surface area contributed by atoms with E-state index >= 15 is 0 Å². The Kier molecular flexibility index (Phi) is 4.50. The lowest BCUT2D eigenvalue weighted by Gasteiger charge is -2.25. The highest BCUT2D eigenvalue weighted by Gasteiger charge is 2.08. The standard InChI is InChI=1S/C10H17N3OS/c1(2-13-3-5-15-6-4-13)11-7-10-8-12-9-14-10/h8-9,11H,1-7H2. The summed E-state index contributed by atoms with van der Waals surface area (Å²) in [6.07, 6.45) is 3.23. The van der Waals surface area contributed by atoms with E-state index in [0.717, 1.165) is 25.4 Å². The Hall–Kier alpha value is -0.520. The SMILES string of the molecule is c1ncc(CNCCN2CCSCC2)o1. The zero-order valence-electron chi connectivity index (χ0n) is 8.82. The van der Waals surface area contributed by atoms with Crippen LogP contribution in [0.25, 0.3) is 0 Å². The molecule has 1 aromatic rings. The van der Waals surface area contributed by atoms with Crippen molar-refractivity contribution in [2.24, 2.45) is 0 Å². The number of hydrogen-bond donors (Lipinski definition) is 1. The third kappa shape index (κ3) is 3.85. The van der Waals surface area contributed by atoms with E-state index in [-0.39, 0.29) is 0 Å². The van der Waals surface area contributed by atoms with Gasteiger partial charge in [0.2, 0.25) is 0 Å². The number of rotatable bonds is 5. The van der Waals surface area contributed by atoms with Crippen molar-refractivity contribution >= 4 is 11.8 Å². The smallest absolute Gasteiger partial charge is 0.180 e. The predicted octanol–water partition coefficient (Wildman–Crippen LogP) is 0.813. The van der Waals surface area contributed by atoms with Gasteiger partial charge in [0.25, 0.3) is 0 Å². The van der Waals surface area contributed by atoms with Crippen LogP contribution in [0.2, 0.25) is 0 Å². The van der Waals surface area contributed by atoms with Crippen LogP contribution in [0.15, 0.2) is 17.0 Å². The van der Waals surface area contributed by atoms with Gasteiger partial charge in [0.05, 0.1) is 12.7 Å². The first-order valence-electron chi connectivity index (χ1n) is 5.33. The molecule has 15 heavy (non-hydrogen) atoms. The lowest BCUT2D eigenvalue weighted by molar-refractivity contribution is 0.299. The van der Waals surface area contributed by atoms with E-state index in [0.29, 0.717) is 0 Å². The van der Waals surface area contributed by atoms with Crippen molar-refractivity contribution in [3.8, 4) is 0 Å². The van der Waals surface area contributed by atoms with Gasteiger partial charge >= 0.3 is 0 Å². The minimum Gasteiger partial charge on any atom is -0.447 e. The first-order valence-corrected chi connectivity index (χ1v) is 6.49. The van der Waals surface area contributed by atoms with E-state index in [9.17, 15) is 0 Å². The van der Waals surface area contributed by atoms with E-state index in [4.69, 9.17) is 4.42 Å². The summed E-state index contributed by atoms with van der Waals surface area (Å²) in [6, 6.07) is 0. The molecular weight excluding hydrogens is 210 g/mol. The lowest BCUT2D eigenvalue weighted by Crippen LogP contribution is -2.37. The highest BCUT2D eigenvalue weighted by molar-refractivity contribution is 7.99. The summed E-state index contributed by atoms with van der Waals surface area (Å²) < 4.78 is 5.13. The normalized spacial score (nSPS) is 18.1. The summed E-state index contributed by atoms with van der Waals surface area (Å²) in [6.45, 7) is 5.39. The third-order valence-corrected chi connectivity index (χ3v) is 3.43. The van der Waals surface area contributed by atoms with E-state index in [2.05, 4.69) is 27.0 Å². The molecule has 1 N–H and O–H groups in total. The van der Waals surface area contributed by atoms with Crippen molar-refractivity contribution in [3.05, 3.63) is 18.4 Å². The highest BCUT2D eigenvalue weighted by Crippen LogP contribution is 2.07. The van der Waals surface area contributed by atoms with E-state index < -0.39 is 0 Å². The van der Waals surface area contributed by atoms with Crippen molar-refractivity contribution in [2.75, 3.05) is 37.7 Å². The Balaban J connectivity index is 1.54. The molecule has 0 bridgehead atoms. The second kappa shape index (κ2) is 6.15. The summed E-state index contributed by atoms with van der Waals surface area (Å²) in [4.78, 5) is 6.37. The number of nitrogens with one attached hydrogen (secondary N) is 1. The summed E-state index contributed by atoms with van der Waals surface area (Å²) in [7, 11) is 0. The number of oxazole rings is 1. The minimum absolute atomic E-state index is 0.780. The Labute approximate surface area is 94.4 Å². The molecule has 1 aliphatic rings. The van der Waals surface area contributed by atoms with E-state index in [1.807, 2.05) is 0 Å². The fraction of sp³-hybridized carbons (Fsp3) is 0.700. The molecule has 2 rings (SSSR count). The Bertz CT molecular complexity index is 260. The first-order chi connectivity index (χ1) is 7.45. The van der Waals surface area contributed by atoms with Gasteiger partial charge in [-0.3, -0.25) is 0 Å². The number of hydrogen-bond acceptors (Lipinski definition) is 5. The van der Waals surface area contributed by atoms with Crippen LogP contribution >= 0.6 is 11.8 Å². The van der Waals surface area contributed by atoms with E-state index in [1.54, 1.807) is 6.20 Å². The molecule has 1 saturated heterocycles. The summed E-state index contributed by atoms with van der Waals surface area (Å²) >= 11 is 2.05. The molecule has 0 atom stereocenters. The van der Waals surface area contributed by atoms with Crippen molar-refractivity contribution in [1.29, 1.82) is 0 Å². The zero-order valence-corrected chi connectivity index (χ0v) is 9.63. The maximum Gasteiger partial charge on any atom is 0.180 e. The van der Waals surface area contributed by atoms with Gasteiger partial charge in [-0.2, -0.15) is 11.8 Å². The van der Waals surface area contributed by atoms with Gasteiger partial charge in [0, 0.05) is 37.7 Å². The molecule has 0 unspecified atom stereocenters. The zero-order chi connectivity index (χ0) is 10.3. The monoisotopic (exact) mass is 227 g/mol. The van der Waals surface area contributed by atoms with Crippen LogP contribution in [0.3, 0.4) is 0 Å². The largest absolute Gasteiger partial charge is 0.447 e. The van der Waals surface area contributed by atoms with Crippen LogP contribution in [-0.2, 0) is 6.54 Å². The summed E-state index contributed by atoms with van der Waals surface area (Å²) in [5, 5.41) is 3.35. The number of aromatic nitrogens is 1. The molecule has 2 heterocycles. The van der Waals surface area contributed by atoms with Crippen LogP contribution in [0.1, 0.15) is 5.76 Å². The van der Waals surface area contributed by atoms with E-state index in [1.165, 1.54) is 31.0 Å². The second-order valence-electron chi connectivity index (χ2n) is 3.60. The van der Waals surface area contributed by atoms with Gasteiger partial charge in [0.15, 0.2) is 6.39 Å². The fourth-order valence-corrected chi connectivity index (χ4v) is 2.58. The van der Waals surface area contributed by atoms with Crippen LogP contribution in [0, 0.1) is 0 Å². The lowest BCUT2D eigenvalue weighted by atomic mass is 10.4. The van der Waals surface area contributed by atoms with Gasteiger partial charge in [-0.15, -0.1) is 0 Å². The van der Waals surface area contributed by atoms with Gasteiger partial charge < -0.3 is 14.6 Å². The molecule has 0 spiro atoms. The van der Waals surface area contributed by atoms with Gasteiger partial charge in [-0.25, -0.2) is 4.98 Å². The number of nitrogens with zero attached hydrogens (tertiary/aromatic N) is 2. The van der Waals surface area contributed by atoms with Crippen molar-refractivity contribution in [2.45, 2.75) is 6.54 Å². The molecule has 0 saturated carbocycles. The molecule has 84 valence electrons. The molecule has 1 aliphatic heterocycles. The summed E-state index contributed by atoms with van der Waals surface area (Å²) in [5.41, 5.74) is 0. The Morgan fingerprint density at radius 1 is 1.47 bits per heavy atom. The molecule has 0 aliphatic carbocycles. The average Bonchev–Trinajstić information content (AvgIpc) is 2.79. The minimum atomic E-state index is 0.780. The van der Waals surface area contributed by atoms with Crippen molar-refractivity contribution < 1.29 is 4.42 Å². The molecule has 0 amide bonds.